The Kier molecular flexibility index (Phi) is 5.26. The average Bonchev–Trinajstić information content (AvgIpc) is 2.33. The van der Waals surface area contributed by atoms with Crippen LogP contribution in [0, 0.1) is 5.92 Å². The molecule has 9 heteroatoms. The van der Waals surface area contributed by atoms with E-state index in [1.54, 1.807) is 0 Å². The number of aliphatic hydroxyl groups excluding tert-OH is 1. The van der Waals surface area contributed by atoms with E-state index in [0.29, 0.717) is 0 Å². The van der Waals surface area contributed by atoms with Crippen molar-refractivity contribution in [1.82, 2.24) is 9.55 Å². The molecule has 0 radical (unpaired) electrons. The number of nitrogen functional groups attached to an aromatic ring is 1. The summed E-state index contributed by atoms with van der Waals surface area (Å²) in [5.41, 5.74) is 4.03. The highest BCUT2D eigenvalue weighted by Crippen LogP contribution is 2.12. The van der Waals surface area contributed by atoms with E-state index in [1.165, 1.54) is 0 Å². The van der Waals surface area contributed by atoms with E-state index >= 15 is 0 Å². The van der Waals surface area contributed by atoms with Crippen molar-refractivity contribution in [3.63, 3.8) is 0 Å². The van der Waals surface area contributed by atoms with E-state index in [0.717, 1.165) is 4.57 Å². The van der Waals surface area contributed by atoms with Gasteiger partial charge in [0.1, 0.15) is 17.6 Å². The Labute approximate surface area is 113 Å². The third kappa shape index (κ3) is 3.80. The van der Waals surface area contributed by atoms with Gasteiger partial charge in [0.15, 0.2) is 0 Å². The average molecular weight is 292 g/mol. The van der Waals surface area contributed by atoms with E-state index in [1.807, 2.05) is 18.8 Å². The molecule has 0 saturated heterocycles. The summed E-state index contributed by atoms with van der Waals surface area (Å²) in [4.78, 5) is 25.3. The fraction of sp³-hybridized carbons (Fsp3) is 0.636. The third-order valence-corrected chi connectivity index (χ3v) is 2.57. The van der Waals surface area contributed by atoms with Crippen LogP contribution in [0.1, 0.15) is 13.8 Å². The molecule has 20 heavy (non-hydrogen) atoms. The van der Waals surface area contributed by atoms with Crippen LogP contribution in [0.25, 0.3) is 0 Å². The zero-order chi connectivity index (χ0) is 15.4. The van der Waals surface area contributed by atoms with Crippen LogP contribution in [0.5, 0.6) is 0 Å². The molecule has 0 spiro atoms. The molecule has 0 bridgehead atoms. The highest BCUT2D eigenvalue weighted by Gasteiger charge is 2.19. The Balaban J connectivity index is 3.08. The molecule has 0 fully saturated rings. The summed E-state index contributed by atoms with van der Waals surface area (Å²) in [5, 5.41) is 11.3. The van der Waals surface area contributed by atoms with Gasteiger partial charge < -0.3 is 16.2 Å². The monoisotopic (exact) mass is 292 g/mol. The molecule has 5 N–H and O–H groups in total. The van der Waals surface area contributed by atoms with Gasteiger partial charge >= 0.3 is 5.69 Å². The van der Waals surface area contributed by atoms with Gasteiger partial charge in [-0.25, -0.2) is 13.6 Å². The summed E-state index contributed by atoms with van der Waals surface area (Å²) in [7, 11) is 0. The number of hydrogen-bond acceptors (Lipinski definition) is 5. The molecule has 0 aliphatic carbocycles. The molecule has 0 aliphatic heterocycles. The van der Waals surface area contributed by atoms with Gasteiger partial charge in [0.2, 0.25) is 0 Å². The zero-order valence-electron chi connectivity index (χ0n) is 11.2. The number of halogens is 2. The second-order valence-electron chi connectivity index (χ2n) is 4.81. The standard InChI is InChI=1S/C11H18F2N4O3/c1-5(2)4-17-9(14)7(10(19)16-11(17)20)15-3-6(18)8(12)13/h5-6,8,15,18H,3-4,14H2,1-2H3,(H,16,19,20). The molecule has 0 aliphatic rings. The van der Waals surface area contributed by atoms with Gasteiger partial charge in [-0.15, -0.1) is 0 Å². The predicted octanol–water partition coefficient (Wildman–Crippen LogP) is -0.187. The topological polar surface area (TPSA) is 113 Å². The number of hydrogen-bond donors (Lipinski definition) is 4. The quantitative estimate of drug-likeness (QED) is 0.580. The summed E-state index contributed by atoms with van der Waals surface area (Å²) in [6.45, 7) is 3.42. The molecule has 1 aromatic rings. The summed E-state index contributed by atoms with van der Waals surface area (Å²) in [5.74, 6) is -0.0469. The number of anilines is 2. The molecule has 0 aromatic carbocycles. The molecule has 0 amide bonds. The Hall–Kier alpha value is -1.90. The number of nitrogens with one attached hydrogen (secondary N) is 2. The predicted molar refractivity (Wildman–Crippen MR) is 71.1 cm³/mol. The minimum absolute atomic E-state index is 0.0976. The van der Waals surface area contributed by atoms with Gasteiger partial charge in [-0.1, -0.05) is 13.8 Å². The summed E-state index contributed by atoms with van der Waals surface area (Å²) in [6, 6.07) is 0. The number of nitrogens with two attached hydrogens (primary N) is 1. The zero-order valence-corrected chi connectivity index (χ0v) is 11.2. The van der Waals surface area contributed by atoms with Crippen LogP contribution in [0.4, 0.5) is 20.3 Å². The van der Waals surface area contributed by atoms with Gasteiger partial charge in [0, 0.05) is 13.1 Å². The summed E-state index contributed by atoms with van der Waals surface area (Å²) in [6.07, 6.45) is -4.87. The number of nitrogens with zero attached hydrogens (tertiary/aromatic N) is 1. The lowest BCUT2D eigenvalue weighted by atomic mass is 10.2. The van der Waals surface area contributed by atoms with Crippen molar-refractivity contribution in [3.05, 3.63) is 20.8 Å². The molecular weight excluding hydrogens is 274 g/mol. The van der Waals surface area contributed by atoms with Crippen LogP contribution in [0.15, 0.2) is 9.59 Å². The van der Waals surface area contributed by atoms with Gasteiger partial charge in [-0.2, -0.15) is 0 Å². The molecule has 1 rings (SSSR count). The highest BCUT2D eigenvalue weighted by atomic mass is 19.3. The number of rotatable bonds is 6. The molecule has 1 atom stereocenters. The van der Waals surface area contributed by atoms with Gasteiger partial charge in [-0.3, -0.25) is 14.3 Å². The molecule has 0 saturated carbocycles. The number of alkyl halides is 2. The first kappa shape index (κ1) is 16.2. The van der Waals surface area contributed by atoms with Gasteiger partial charge in [-0.05, 0) is 5.92 Å². The smallest absolute Gasteiger partial charge is 0.330 e. The van der Waals surface area contributed by atoms with Crippen molar-refractivity contribution in [2.45, 2.75) is 32.9 Å². The SMILES string of the molecule is CC(C)Cn1c(N)c(NCC(O)C(F)F)c(=O)[nH]c1=O. The van der Waals surface area contributed by atoms with Crippen LogP contribution in [-0.4, -0.2) is 33.7 Å². The van der Waals surface area contributed by atoms with Gasteiger partial charge in [0.05, 0.1) is 0 Å². The van der Waals surface area contributed by atoms with Crippen molar-refractivity contribution < 1.29 is 13.9 Å². The van der Waals surface area contributed by atoms with Crippen LogP contribution in [0.2, 0.25) is 0 Å². The number of H-pyrrole nitrogens is 1. The van der Waals surface area contributed by atoms with E-state index in [-0.39, 0.29) is 24.0 Å². The van der Waals surface area contributed by atoms with Crippen molar-refractivity contribution in [2.75, 3.05) is 17.6 Å². The Bertz CT molecular complexity index is 568. The summed E-state index contributed by atoms with van der Waals surface area (Å²) < 4.78 is 25.5. The van der Waals surface area contributed by atoms with Crippen molar-refractivity contribution in [3.8, 4) is 0 Å². The third-order valence-electron chi connectivity index (χ3n) is 2.57. The first-order chi connectivity index (χ1) is 9.23. The van der Waals surface area contributed by atoms with Crippen LogP contribution in [-0.2, 0) is 6.54 Å². The lowest BCUT2D eigenvalue weighted by Crippen LogP contribution is -2.36. The minimum atomic E-state index is -2.94. The molecule has 1 heterocycles. The minimum Gasteiger partial charge on any atom is -0.385 e. The Morgan fingerprint density at radius 1 is 1.40 bits per heavy atom. The molecule has 1 aromatic heterocycles. The largest absolute Gasteiger partial charge is 0.385 e. The fourth-order valence-electron chi connectivity index (χ4n) is 1.60. The maximum Gasteiger partial charge on any atom is 0.330 e. The maximum absolute atomic E-state index is 12.2. The number of aromatic amines is 1. The van der Waals surface area contributed by atoms with Gasteiger partial charge in [0.25, 0.3) is 12.0 Å². The van der Waals surface area contributed by atoms with E-state index < -0.39 is 30.3 Å². The van der Waals surface area contributed by atoms with Crippen LogP contribution < -0.4 is 22.3 Å². The molecule has 1 unspecified atom stereocenters. The van der Waals surface area contributed by atoms with Crippen molar-refractivity contribution in [2.24, 2.45) is 5.92 Å². The second kappa shape index (κ2) is 6.51. The van der Waals surface area contributed by atoms with Crippen molar-refractivity contribution >= 4 is 11.5 Å². The lowest BCUT2D eigenvalue weighted by molar-refractivity contribution is 0.00383. The normalized spacial score (nSPS) is 12.9. The van der Waals surface area contributed by atoms with Crippen molar-refractivity contribution in [1.29, 1.82) is 0 Å². The van der Waals surface area contributed by atoms with E-state index in [4.69, 9.17) is 10.8 Å². The van der Waals surface area contributed by atoms with E-state index in [2.05, 4.69) is 5.32 Å². The first-order valence-electron chi connectivity index (χ1n) is 6.06. The maximum atomic E-state index is 12.2. The number of aliphatic hydroxyl groups is 1. The number of aromatic nitrogens is 2. The van der Waals surface area contributed by atoms with E-state index in [9.17, 15) is 18.4 Å². The Morgan fingerprint density at radius 3 is 2.50 bits per heavy atom. The molecular formula is C11H18F2N4O3. The second-order valence-corrected chi connectivity index (χ2v) is 4.81. The summed E-state index contributed by atoms with van der Waals surface area (Å²) >= 11 is 0. The fourth-order valence-corrected chi connectivity index (χ4v) is 1.60. The lowest BCUT2D eigenvalue weighted by Gasteiger charge is -2.16. The molecule has 114 valence electrons. The van der Waals surface area contributed by atoms with Crippen LogP contribution >= 0.6 is 0 Å². The molecule has 7 nitrogen and oxygen atoms in total. The highest BCUT2D eigenvalue weighted by molar-refractivity contribution is 5.60. The Morgan fingerprint density at radius 2 is 2.00 bits per heavy atom. The van der Waals surface area contributed by atoms with Crippen LogP contribution in [0.3, 0.4) is 0 Å². The first-order valence-corrected chi connectivity index (χ1v) is 6.06.